The van der Waals surface area contributed by atoms with E-state index in [0.29, 0.717) is 27.8 Å². The van der Waals surface area contributed by atoms with Crippen molar-refractivity contribution in [2.45, 2.75) is 34.6 Å². The lowest BCUT2D eigenvalue weighted by atomic mass is 9.98. The Balaban J connectivity index is 2.90. The number of nitrogens with zero attached hydrogens (tertiary/aromatic N) is 1. The van der Waals surface area contributed by atoms with E-state index in [9.17, 15) is 9.69 Å². The fraction of sp³-hybridized carbons (Fsp3) is 0.400. The molecule has 7 heteroatoms. The van der Waals surface area contributed by atoms with Gasteiger partial charge in [-0.2, -0.15) is 13.9 Å². The van der Waals surface area contributed by atoms with Crippen molar-refractivity contribution < 1.29 is 23.5 Å². The lowest BCUT2D eigenvalue weighted by Gasteiger charge is -2.22. The van der Waals surface area contributed by atoms with Crippen LogP contribution >= 0.6 is 7.94 Å². The molecule has 0 saturated heterocycles. The highest BCUT2D eigenvalue weighted by atomic mass is 31.2. The fourth-order valence-corrected chi connectivity index (χ4v) is 5.06. The number of hydrogen-bond donors (Lipinski definition) is 1. The quantitative estimate of drug-likeness (QED) is 0.541. The van der Waals surface area contributed by atoms with Crippen molar-refractivity contribution in [3.8, 4) is 11.1 Å². The van der Waals surface area contributed by atoms with Crippen LogP contribution in [0.1, 0.15) is 42.5 Å². The summed E-state index contributed by atoms with van der Waals surface area (Å²) in [7, 11) is -3.44. The van der Waals surface area contributed by atoms with Crippen LogP contribution in [0.2, 0.25) is 0 Å². The van der Waals surface area contributed by atoms with Gasteiger partial charge in [-0.15, -0.1) is 0 Å². The van der Waals surface area contributed by atoms with Gasteiger partial charge in [0.05, 0.1) is 42.3 Å². The van der Waals surface area contributed by atoms with Gasteiger partial charge in [-0.1, -0.05) is 30.3 Å². The van der Waals surface area contributed by atoms with Gasteiger partial charge in [-0.3, -0.25) is 4.98 Å². The van der Waals surface area contributed by atoms with Crippen molar-refractivity contribution in [3.05, 3.63) is 47.3 Å². The standard InChI is InChI=1S/C20H27NO5P/c1-6-24-20(22)17-14(4)21-15(5)19(27(23,25-7-2)26-8-3)18(17)16-12-10-9-11-13-16/h9-13,23H,6-8H2,1-5H3/q+1. The van der Waals surface area contributed by atoms with Gasteiger partial charge in [-0.05, 0) is 40.2 Å². The maximum absolute atomic E-state index is 12.8. The van der Waals surface area contributed by atoms with Gasteiger partial charge in [0.2, 0.25) is 5.30 Å². The normalized spacial score (nSPS) is 11.5. The number of ether oxygens (including phenoxy) is 1. The van der Waals surface area contributed by atoms with Crippen molar-refractivity contribution in [1.82, 2.24) is 4.98 Å². The molecule has 1 aromatic carbocycles. The van der Waals surface area contributed by atoms with Crippen LogP contribution in [-0.2, 0) is 13.8 Å². The number of hydrogen-bond acceptors (Lipinski definition) is 6. The maximum atomic E-state index is 12.8. The van der Waals surface area contributed by atoms with E-state index in [2.05, 4.69) is 4.98 Å². The second kappa shape index (κ2) is 9.38. The molecule has 0 fully saturated rings. The van der Waals surface area contributed by atoms with Crippen molar-refractivity contribution in [3.63, 3.8) is 0 Å². The van der Waals surface area contributed by atoms with Gasteiger partial charge in [0.15, 0.2) is 0 Å². The SMILES string of the molecule is CCOC(=O)c1c(C)nc(C)c([P+](O)(OCC)OCC)c1-c1ccccc1. The summed E-state index contributed by atoms with van der Waals surface area (Å²) in [6.45, 7) is 9.64. The summed E-state index contributed by atoms with van der Waals surface area (Å²) in [5.74, 6) is -0.484. The number of pyridine rings is 1. The van der Waals surface area contributed by atoms with Gasteiger partial charge < -0.3 is 4.74 Å². The van der Waals surface area contributed by atoms with Gasteiger partial charge in [-0.25, -0.2) is 4.79 Å². The average Bonchev–Trinajstić information content (AvgIpc) is 2.62. The van der Waals surface area contributed by atoms with Crippen molar-refractivity contribution in [2.75, 3.05) is 19.8 Å². The van der Waals surface area contributed by atoms with Gasteiger partial charge in [0.25, 0.3) is 0 Å². The average molecular weight is 392 g/mol. The molecule has 146 valence electrons. The summed E-state index contributed by atoms with van der Waals surface area (Å²) in [5.41, 5.74) is 2.74. The summed E-state index contributed by atoms with van der Waals surface area (Å²) >= 11 is 0. The molecule has 2 rings (SSSR count). The number of aromatic nitrogens is 1. The molecule has 0 atom stereocenters. The third-order valence-electron chi connectivity index (χ3n) is 3.96. The molecule has 0 saturated carbocycles. The van der Waals surface area contributed by atoms with Crippen molar-refractivity contribution in [2.24, 2.45) is 0 Å². The smallest absolute Gasteiger partial charge is 0.448 e. The Hall–Kier alpha value is -1.85. The molecule has 6 nitrogen and oxygen atoms in total. The Labute approximate surface area is 161 Å². The molecule has 27 heavy (non-hydrogen) atoms. The Morgan fingerprint density at radius 3 is 2.11 bits per heavy atom. The predicted molar refractivity (Wildman–Crippen MR) is 107 cm³/mol. The highest BCUT2D eigenvalue weighted by Crippen LogP contribution is 2.58. The van der Waals surface area contributed by atoms with Gasteiger partial charge in [0, 0.05) is 0 Å². The molecule has 0 radical (unpaired) electrons. The van der Waals surface area contributed by atoms with Crippen LogP contribution in [0.15, 0.2) is 30.3 Å². The fourth-order valence-electron chi connectivity index (χ4n) is 3.04. The highest BCUT2D eigenvalue weighted by Gasteiger charge is 2.49. The van der Waals surface area contributed by atoms with E-state index in [4.69, 9.17) is 13.8 Å². The van der Waals surface area contributed by atoms with Crippen LogP contribution in [0.4, 0.5) is 0 Å². The van der Waals surface area contributed by atoms with Crippen LogP contribution in [0.3, 0.4) is 0 Å². The summed E-state index contributed by atoms with van der Waals surface area (Å²) in [6.07, 6.45) is 0. The number of esters is 1. The summed E-state index contributed by atoms with van der Waals surface area (Å²) < 4.78 is 16.6. The molecule has 1 N–H and O–H groups in total. The van der Waals surface area contributed by atoms with Crippen molar-refractivity contribution >= 4 is 19.2 Å². The molecule has 0 unspecified atom stereocenters. The first-order valence-corrected chi connectivity index (χ1v) is 10.6. The first-order valence-electron chi connectivity index (χ1n) is 9.04. The van der Waals surface area contributed by atoms with E-state index in [1.54, 1.807) is 34.6 Å². The van der Waals surface area contributed by atoms with E-state index in [0.717, 1.165) is 5.56 Å². The topological polar surface area (TPSA) is 77.9 Å². The summed E-state index contributed by atoms with van der Waals surface area (Å²) in [4.78, 5) is 28.6. The van der Waals surface area contributed by atoms with E-state index >= 15 is 0 Å². The molecule has 1 aromatic heterocycles. The van der Waals surface area contributed by atoms with Gasteiger partial charge >= 0.3 is 13.9 Å². The Morgan fingerprint density at radius 1 is 1.00 bits per heavy atom. The van der Waals surface area contributed by atoms with Gasteiger partial charge in [0.1, 0.15) is 0 Å². The summed E-state index contributed by atoms with van der Waals surface area (Å²) in [5, 5.41) is 0.422. The number of carbonyl (C=O) groups excluding carboxylic acids is 1. The molecule has 0 bridgehead atoms. The molecule has 1 heterocycles. The predicted octanol–water partition coefficient (Wildman–Crippen LogP) is 4.00. The molecular weight excluding hydrogens is 365 g/mol. The van der Waals surface area contributed by atoms with E-state index in [1.165, 1.54) is 0 Å². The second-order valence-electron chi connectivity index (χ2n) is 5.82. The molecule has 0 aliphatic rings. The lowest BCUT2D eigenvalue weighted by molar-refractivity contribution is 0.0526. The summed E-state index contributed by atoms with van der Waals surface area (Å²) in [6, 6.07) is 9.39. The van der Waals surface area contributed by atoms with E-state index in [-0.39, 0.29) is 19.8 Å². The van der Waals surface area contributed by atoms with Crippen LogP contribution in [0, 0.1) is 13.8 Å². The van der Waals surface area contributed by atoms with E-state index in [1.807, 2.05) is 30.3 Å². The molecule has 0 spiro atoms. The maximum Gasteiger partial charge on any atom is 0.448 e. The van der Waals surface area contributed by atoms with Crippen LogP contribution in [0.25, 0.3) is 11.1 Å². The number of carbonyl (C=O) groups is 1. The minimum absolute atomic E-state index is 0.242. The minimum Gasteiger partial charge on any atom is -0.462 e. The third kappa shape index (κ3) is 4.53. The highest BCUT2D eigenvalue weighted by molar-refractivity contribution is 7.69. The zero-order chi connectivity index (χ0) is 20.0. The molecule has 2 aromatic rings. The zero-order valence-corrected chi connectivity index (χ0v) is 17.4. The Morgan fingerprint density at radius 2 is 1.59 bits per heavy atom. The first-order chi connectivity index (χ1) is 12.9. The van der Waals surface area contributed by atoms with Crippen molar-refractivity contribution in [1.29, 1.82) is 0 Å². The molecule has 0 aliphatic heterocycles. The molecule has 0 amide bonds. The minimum atomic E-state index is -3.44. The third-order valence-corrected chi connectivity index (χ3v) is 6.29. The monoisotopic (exact) mass is 392 g/mol. The largest absolute Gasteiger partial charge is 0.462 e. The lowest BCUT2D eigenvalue weighted by Crippen LogP contribution is -2.26. The number of aryl methyl sites for hydroxylation is 2. The zero-order valence-electron chi connectivity index (χ0n) is 16.5. The van der Waals surface area contributed by atoms with Crippen LogP contribution in [-0.4, -0.2) is 35.7 Å². The Kier molecular flexibility index (Phi) is 7.45. The number of rotatable bonds is 8. The molecule has 0 aliphatic carbocycles. The van der Waals surface area contributed by atoms with Crippen LogP contribution in [0.5, 0.6) is 0 Å². The van der Waals surface area contributed by atoms with Crippen LogP contribution < -0.4 is 5.30 Å². The number of benzene rings is 1. The molecular formula is C20H27NO5P+. The second-order valence-corrected chi connectivity index (χ2v) is 7.83. The van der Waals surface area contributed by atoms with E-state index < -0.39 is 13.9 Å². The first kappa shape index (κ1) is 21.5. The Bertz CT molecular complexity index is 789.